The number of rotatable bonds is 7. The van der Waals surface area contributed by atoms with Gasteiger partial charge in [0.2, 0.25) is 10.0 Å². The van der Waals surface area contributed by atoms with Crippen molar-refractivity contribution in [2.45, 2.75) is 30.8 Å². The first-order chi connectivity index (χ1) is 21.7. The maximum atomic E-state index is 13.9. The van der Waals surface area contributed by atoms with Crippen molar-refractivity contribution >= 4 is 39.0 Å². The summed E-state index contributed by atoms with van der Waals surface area (Å²) in [4.78, 5) is 30.7. The number of likely N-dealkylation sites (N-methyl/N-ethyl adjacent to an activating group) is 1. The van der Waals surface area contributed by atoms with E-state index in [0.29, 0.717) is 17.3 Å². The highest BCUT2D eigenvalue weighted by molar-refractivity contribution is 7.89. The number of carbonyl (C=O) groups is 2. The van der Waals surface area contributed by atoms with Crippen molar-refractivity contribution in [2.24, 2.45) is 7.05 Å². The number of nitrogens with one attached hydrogen (secondary N) is 3. The molecule has 1 fully saturated rings. The Morgan fingerprint density at radius 3 is 2.28 bits per heavy atom. The molecule has 4 heterocycles. The van der Waals surface area contributed by atoms with Crippen LogP contribution in [0, 0.1) is 11.6 Å². The summed E-state index contributed by atoms with van der Waals surface area (Å²) >= 11 is 0. The van der Waals surface area contributed by atoms with Crippen molar-refractivity contribution in [1.29, 1.82) is 0 Å². The zero-order valence-corrected chi connectivity index (χ0v) is 26.5. The third-order valence-corrected chi connectivity index (χ3v) is 10.4. The molecule has 4 aromatic rings. The van der Waals surface area contributed by atoms with Crippen LogP contribution < -0.4 is 15.5 Å². The van der Waals surface area contributed by atoms with Crippen molar-refractivity contribution in [1.82, 2.24) is 29.2 Å². The van der Waals surface area contributed by atoms with E-state index >= 15 is 0 Å². The zero-order valence-electron chi connectivity index (χ0n) is 25.6. The van der Waals surface area contributed by atoms with Crippen LogP contribution in [0.2, 0.25) is 0 Å². The number of sulfonamides is 1. The highest BCUT2D eigenvalue weighted by atomic mass is 32.2. The highest BCUT2D eigenvalue weighted by Crippen LogP contribution is 2.44. The predicted octanol–water partition coefficient (Wildman–Crippen LogP) is 3.12. The highest BCUT2D eigenvalue weighted by Gasteiger charge is 2.48. The van der Waals surface area contributed by atoms with E-state index in [-0.39, 0.29) is 29.3 Å². The number of halogens is 2. The molecule has 0 saturated carbocycles. The molecule has 2 aromatic carbocycles. The Labute approximate surface area is 264 Å². The number of carbonyl (C=O) groups excluding carboxylic acids is 2. The molecule has 0 unspecified atom stereocenters. The van der Waals surface area contributed by atoms with Gasteiger partial charge in [-0.3, -0.25) is 19.4 Å². The van der Waals surface area contributed by atoms with Crippen LogP contribution in [-0.2, 0) is 29.2 Å². The lowest BCUT2D eigenvalue weighted by molar-refractivity contribution is 0.102. The average Bonchev–Trinajstić information content (AvgIpc) is 3.68. The van der Waals surface area contributed by atoms with Crippen LogP contribution in [0.5, 0.6) is 0 Å². The van der Waals surface area contributed by atoms with E-state index in [1.807, 2.05) is 7.05 Å². The van der Waals surface area contributed by atoms with Crippen LogP contribution in [0.15, 0.2) is 53.6 Å². The number of amides is 2. The Kier molecular flexibility index (Phi) is 7.90. The molecule has 6 rings (SSSR count). The number of anilines is 3. The van der Waals surface area contributed by atoms with Crippen LogP contribution in [0.3, 0.4) is 0 Å². The number of hydrogen-bond acceptors (Lipinski definition) is 8. The van der Waals surface area contributed by atoms with E-state index in [0.717, 1.165) is 48.3 Å². The van der Waals surface area contributed by atoms with Crippen molar-refractivity contribution in [3.8, 4) is 0 Å². The van der Waals surface area contributed by atoms with Gasteiger partial charge in [0.1, 0.15) is 11.6 Å². The van der Waals surface area contributed by atoms with Gasteiger partial charge < -0.3 is 20.4 Å². The normalized spacial score (nSPS) is 16.8. The number of aromatic amines is 1. The number of fused-ring (bicyclic) bond motifs is 1. The van der Waals surface area contributed by atoms with Gasteiger partial charge in [-0.2, -0.15) is 14.5 Å². The maximum Gasteiger partial charge on any atom is 0.276 e. The van der Waals surface area contributed by atoms with Gasteiger partial charge >= 0.3 is 0 Å². The van der Waals surface area contributed by atoms with Gasteiger partial charge in [0.25, 0.3) is 11.8 Å². The Hall–Kier alpha value is -4.67. The third kappa shape index (κ3) is 5.74. The average molecular weight is 654 g/mol. The summed E-state index contributed by atoms with van der Waals surface area (Å²) in [5.41, 5.74) is 1.03. The fourth-order valence-electron chi connectivity index (χ4n) is 5.78. The molecule has 0 radical (unpaired) electrons. The Bertz CT molecular complexity index is 1930. The number of H-pyrrole nitrogens is 1. The first-order valence-electron chi connectivity index (χ1n) is 14.5. The molecule has 0 aliphatic carbocycles. The summed E-state index contributed by atoms with van der Waals surface area (Å²) in [5, 5.41) is 16.8. The zero-order chi connectivity index (χ0) is 33.0. The molecule has 46 heavy (non-hydrogen) atoms. The molecule has 2 aliphatic rings. The SMILES string of the molecule is CN1CCN(c2ccc(C(=O)Nc3n[nH]c4c3CN(S(=O)(=O)c3cc(F)cc(F)c3)C4(C)C)c(NC(=O)c3ccn(C)n3)c2)CC1. The molecule has 1 saturated heterocycles. The van der Waals surface area contributed by atoms with E-state index in [9.17, 15) is 26.8 Å². The fourth-order valence-corrected chi connectivity index (χ4v) is 7.55. The summed E-state index contributed by atoms with van der Waals surface area (Å²) in [6, 6.07) is 8.84. The second kappa shape index (κ2) is 11.6. The second-order valence-electron chi connectivity index (χ2n) is 11.9. The minimum Gasteiger partial charge on any atom is -0.369 e. The standard InChI is InChI=1S/C30H33F2N9O4S/c1-30(2)26-23(17-41(30)46(44,45)21-14-18(31)13-19(32)15-21)27(36-35-26)34-28(42)22-6-5-20(40-11-9-38(3)10-12-40)16-25(22)33-29(43)24-7-8-39(4)37-24/h5-8,13-16H,9-12,17H2,1-4H3,(H,33,43)(H2,34,35,36,42). The first kappa shape index (κ1) is 31.3. The van der Waals surface area contributed by atoms with Crippen LogP contribution in [0.25, 0.3) is 0 Å². The van der Waals surface area contributed by atoms with E-state index in [2.05, 4.69) is 35.7 Å². The molecule has 13 nitrogen and oxygen atoms in total. The van der Waals surface area contributed by atoms with Gasteiger partial charge in [0.05, 0.1) is 27.4 Å². The fraction of sp³-hybridized carbons (Fsp3) is 0.333. The number of piperazine rings is 1. The molecular weight excluding hydrogens is 620 g/mol. The van der Waals surface area contributed by atoms with Crippen LogP contribution in [-0.4, -0.2) is 82.6 Å². The molecule has 242 valence electrons. The van der Waals surface area contributed by atoms with Gasteiger partial charge in [0.15, 0.2) is 11.5 Å². The van der Waals surface area contributed by atoms with E-state index in [1.165, 1.54) is 4.68 Å². The molecule has 16 heteroatoms. The van der Waals surface area contributed by atoms with Gasteiger partial charge in [-0.15, -0.1) is 0 Å². The molecule has 2 amide bonds. The number of hydrogen-bond donors (Lipinski definition) is 3. The largest absolute Gasteiger partial charge is 0.369 e. The lowest BCUT2D eigenvalue weighted by Gasteiger charge is -2.34. The molecule has 0 bridgehead atoms. The number of nitrogens with zero attached hydrogens (tertiary/aromatic N) is 6. The smallest absolute Gasteiger partial charge is 0.276 e. The third-order valence-electron chi connectivity index (χ3n) is 8.37. The molecule has 3 N–H and O–H groups in total. The minimum atomic E-state index is -4.36. The van der Waals surface area contributed by atoms with Crippen LogP contribution >= 0.6 is 0 Å². The lowest BCUT2D eigenvalue weighted by atomic mass is 10.0. The minimum absolute atomic E-state index is 0.0846. The second-order valence-corrected chi connectivity index (χ2v) is 13.8. The predicted molar refractivity (Wildman–Crippen MR) is 166 cm³/mol. The van der Waals surface area contributed by atoms with Crippen molar-refractivity contribution in [3.63, 3.8) is 0 Å². The molecule has 2 aliphatic heterocycles. The summed E-state index contributed by atoms with van der Waals surface area (Å²) in [6.07, 6.45) is 1.64. The Balaban J connectivity index is 1.29. The van der Waals surface area contributed by atoms with Gasteiger partial charge in [-0.05, 0) is 57.3 Å². The Morgan fingerprint density at radius 2 is 1.63 bits per heavy atom. The number of aryl methyl sites for hydroxylation is 1. The number of benzene rings is 2. The molecular formula is C30H33F2N9O4S. The number of aromatic nitrogens is 4. The first-order valence-corrected chi connectivity index (χ1v) is 15.9. The van der Waals surface area contributed by atoms with E-state index < -0.39 is 43.9 Å². The van der Waals surface area contributed by atoms with Crippen molar-refractivity contribution in [2.75, 3.05) is 48.8 Å². The monoisotopic (exact) mass is 653 g/mol. The maximum absolute atomic E-state index is 13.9. The molecule has 0 atom stereocenters. The Morgan fingerprint density at radius 1 is 0.935 bits per heavy atom. The summed E-state index contributed by atoms with van der Waals surface area (Å²) < 4.78 is 57.6. The van der Waals surface area contributed by atoms with Gasteiger partial charge in [-0.1, -0.05) is 0 Å². The van der Waals surface area contributed by atoms with Crippen LogP contribution in [0.1, 0.15) is 46.0 Å². The van der Waals surface area contributed by atoms with Crippen LogP contribution in [0.4, 0.5) is 26.0 Å². The lowest BCUT2D eigenvalue weighted by Crippen LogP contribution is -2.44. The van der Waals surface area contributed by atoms with Gasteiger partial charge in [0, 0.05) is 63.3 Å². The summed E-state index contributed by atoms with van der Waals surface area (Å²) in [6.45, 7) is 6.29. The van der Waals surface area contributed by atoms with Crippen molar-refractivity contribution < 1.29 is 26.8 Å². The van der Waals surface area contributed by atoms with E-state index in [4.69, 9.17) is 0 Å². The topological polar surface area (TPSA) is 149 Å². The van der Waals surface area contributed by atoms with E-state index in [1.54, 1.807) is 51.4 Å². The quantitative estimate of drug-likeness (QED) is 0.276. The van der Waals surface area contributed by atoms with Gasteiger partial charge in [-0.25, -0.2) is 17.2 Å². The molecule has 0 spiro atoms. The summed E-state index contributed by atoms with van der Waals surface area (Å²) in [5.74, 6) is -3.05. The summed E-state index contributed by atoms with van der Waals surface area (Å²) in [7, 11) is -0.622. The molecule has 2 aromatic heterocycles. The van der Waals surface area contributed by atoms with Crippen molar-refractivity contribution in [3.05, 3.63) is 82.8 Å².